The van der Waals surface area contributed by atoms with E-state index in [0.29, 0.717) is 5.92 Å². The van der Waals surface area contributed by atoms with Gasteiger partial charge in [0.05, 0.1) is 6.61 Å². The van der Waals surface area contributed by atoms with Gasteiger partial charge in [-0.15, -0.1) is 0 Å². The molecule has 0 bridgehead atoms. The van der Waals surface area contributed by atoms with Crippen LogP contribution in [0, 0.1) is 5.92 Å². The summed E-state index contributed by atoms with van der Waals surface area (Å²) < 4.78 is 5.20. The molecule has 1 saturated heterocycles. The van der Waals surface area contributed by atoms with Crippen LogP contribution in [0.2, 0.25) is 0 Å². The Hall–Kier alpha value is -0.570. The fourth-order valence-corrected chi connectivity index (χ4v) is 1.24. The highest BCUT2D eigenvalue weighted by molar-refractivity contribution is 5.72. The number of carbonyl (C=O) groups is 1. The van der Waals surface area contributed by atoms with Crippen molar-refractivity contribution in [3.8, 4) is 0 Å². The van der Waals surface area contributed by atoms with E-state index in [1.807, 2.05) is 7.05 Å². The van der Waals surface area contributed by atoms with Gasteiger partial charge in [-0.25, -0.2) is 0 Å². The Morgan fingerprint density at radius 2 is 2.45 bits per heavy atom. The maximum atomic E-state index is 10.8. The Morgan fingerprint density at radius 3 is 2.91 bits per heavy atom. The highest BCUT2D eigenvalue weighted by Gasteiger charge is 2.17. The Kier molecular flexibility index (Phi) is 2.88. The van der Waals surface area contributed by atoms with Crippen molar-refractivity contribution in [3.05, 3.63) is 0 Å². The van der Waals surface area contributed by atoms with Crippen LogP contribution in [0.5, 0.6) is 0 Å². The Bertz CT molecular complexity index is 141. The number of ether oxygens (including phenoxy) is 1. The SMILES string of the molecule is CC(=O)N(C)CC1CCOC1. The van der Waals surface area contributed by atoms with Gasteiger partial charge in [-0.3, -0.25) is 4.79 Å². The van der Waals surface area contributed by atoms with Crippen molar-refractivity contribution in [2.75, 3.05) is 26.8 Å². The fourth-order valence-electron chi connectivity index (χ4n) is 1.24. The van der Waals surface area contributed by atoms with Gasteiger partial charge in [0.15, 0.2) is 0 Å². The number of carbonyl (C=O) groups excluding carboxylic acids is 1. The number of rotatable bonds is 2. The molecule has 0 spiro atoms. The number of amides is 1. The zero-order chi connectivity index (χ0) is 8.27. The van der Waals surface area contributed by atoms with Gasteiger partial charge in [0.1, 0.15) is 0 Å². The molecule has 0 aromatic carbocycles. The second-order valence-corrected chi connectivity index (χ2v) is 3.13. The molecule has 1 atom stereocenters. The molecule has 1 aliphatic rings. The lowest BCUT2D eigenvalue weighted by Gasteiger charge is -2.17. The fraction of sp³-hybridized carbons (Fsp3) is 0.875. The van der Waals surface area contributed by atoms with Gasteiger partial charge in [0, 0.05) is 33.0 Å². The van der Waals surface area contributed by atoms with Crippen LogP contribution in [0.15, 0.2) is 0 Å². The first-order chi connectivity index (χ1) is 5.20. The number of nitrogens with zero attached hydrogens (tertiary/aromatic N) is 1. The van der Waals surface area contributed by atoms with E-state index in [0.717, 1.165) is 26.2 Å². The molecule has 0 N–H and O–H groups in total. The summed E-state index contributed by atoms with van der Waals surface area (Å²) in [5.41, 5.74) is 0. The molecular formula is C8H15NO2. The Labute approximate surface area is 67.3 Å². The zero-order valence-corrected chi connectivity index (χ0v) is 7.17. The van der Waals surface area contributed by atoms with Crippen molar-refractivity contribution < 1.29 is 9.53 Å². The smallest absolute Gasteiger partial charge is 0.219 e. The first-order valence-electron chi connectivity index (χ1n) is 3.99. The van der Waals surface area contributed by atoms with Gasteiger partial charge in [-0.05, 0) is 6.42 Å². The molecule has 1 fully saturated rings. The molecule has 64 valence electrons. The summed E-state index contributed by atoms with van der Waals surface area (Å²) in [5.74, 6) is 0.695. The molecule has 1 heterocycles. The maximum absolute atomic E-state index is 10.8. The normalized spacial score (nSPS) is 23.6. The molecule has 1 rings (SSSR count). The van der Waals surface area contributed by atoms with E-state index in [1.165, 1.54) is 0 Å². The van der Waals surface area contributed by atoms with Crippen molar-refractivity contribution in [2.45, 2.75) is 13.3 Å². The van der Waals surface area contributed by atoms with Crippen LogP contribution in [0.3, 0.4) is 0 Å². The third-order valence-corrected chi connectivity index (χ3v) is 2.09. The summed E-state index contributed by atoms with van der Waals surface area (Å²) in [6.07, 6.45) is 1.09. The lowest BCUT2D eigenvalue weighted by Crippen LogP contribution is -2.29. The van der Waals surface area contributed by atoms with Crippen molar-refractivity contribution in [3.63, 3.8) is 0 Å². The molecule has 0 radical (unpaired) electrons. The molecule has 3 heteroatoms. The molecule has 0 aliphatic carbocycles. The van der Waals surface area contributed by atoms with Gasteiger partial charge in [0.25, 0.3) is 0 Å². The number of hydrogen-bond donors (Lipinski definition) is 0. The molecular weight excluding hydrogens is 142 g/mol. The maximum Gasteiger partial charge on any atom is 0.219 e. The van der Waals surface area contributed by atoms with Crippen molar-refractivity contribution in [1.82, 2.24) is 4.90 Å². The van der Waals surface area contributed by atoms with Gasteiger partial charge in [0.2, 0.25) is 5.91 Å². The Balaban J connectivity index is 2.23. The van der Waals surface area contributed by atoms with Crippen LogP contribution in [0.4, 0.5) is 0 Å². The first kappa shape index (κ1) is 8.53. The summed E-state index contributed by atoms with van der Waals surface area (Å²) in [5, 5.41) is 0. The summed E-state index contributed by atoms with van der Waals surface area (Å²) >= 11 is 0. The highest BCUT2D eigenvalue weighted by atomic mass is 16.5. The van der Waals surface area contributed by atoms with Gasteiger partial charge in [-0.1, -0.05) is 0 Å². The zero-order valence-electron chi connectivity index (χ0n) is 7.17. The largest absolute Gasteiger partial charge is 0.381 e. The second-order valence-electron chi connectivity index (χ2n) is 3.13. The minimum atomic E-state index is 0.136. The summed E-state index contributed by atoms with van der Waals surface area (Å²) in [6.45, 7) is 4.11. The third kappa shape index (κ3) is 2.50. The molecule has 0 aromatic heterocycles. The lowest BCUT2D eigenvalue weighted by atomic mass is 10.1. The van der Waals surface area contributed by atoms with E-state index in [2.05, 4.69) is 0 Å². The topological polar surface area (TPSA) is 29.5 Å². The van der Waals surface area contributed by atoms with E-state index in [9.17, 15) is 4.79 Å². The van der Waals surface area contributed by atoms with Gasteiger partial charge < -0.3 is 9.64 Å². The van der Waals surface area contributed by atoms with Crippen molar-refractivity contribution >= 4 is 5.91 Å². The molecule has 11 heavy (non-hydrogen) atoms. The molecule has 3 nitrogen and oxygen atoms in total. The minimum Gasteiger partial charge on any atom is -0.381 e. The van der Waals surface area contributed by atoms with E-state index in [-0.39, 0.29) is 5.91 Å². The van der Waals surface area contributed by atoms with Crippen LogP contribution in [-0.4, -0.2) is 37.6 Å². The predicted molar refractivity (Wildman–Crippen MR) is 42.2 cm³/mol. The molecule has 1 unspecified atom stereocenters. The first-order valence-corrected chi connectivity index (χ1v) is 3.99. The number of hydrogen-bond acceptors (Lipinski definition) is 2. The van der Waals surface area contributed by atoms with E-state index in [1.54, 1.807) is 11.8 Å². The molecule has 0 aromatic rings. The second kappa shape index (κ2) is 3.72. The summed E-state index contributed by atoms with van der Waals surface area (Å²) in [4.78, 5) is 12.6. The average molecular weight is 157 g/mol. The standard InChI is InChI=1S/C8H15NO2/c1-7(10)9(2)5-8-3-4-11-6-8/h8H,3-6H2,1-2H3. The molecule has 1 aliphatic heterocycles. The average Bonchev–Trinajstić information content (AvgIpc) is 2.39. The monoisotopic (exact) mass is 157 g/mol. The summed E-state index contributed by atoms with van der Waals surface area (Å²) in [7, 11) is 1.83. The van der Waals surface area contributed by atoms with Crippen LogP contribution in [0.25, 0.3) is 0 Å². The van der Waals surface area contributed by atoms with E-state index in [4.69, 9.17) is 4.74 Å². The van der Waals surface area contributed by atoms with Crippen LogP contribution in [-0.2, 0) is 9.53 Å². The van der Waals surface area contributed by atoms with E-state index >= 15 is 0 Å². The lowest BCUT2D eigenvalue weighted by molar-refractivity contribution is -0.128. The van der Waals surface area contributed by atoms with Crippen LogP contribution < -0.4 is 0 Å². The minimum absolute atomic E-state index is 0.136. The molecule has 0 saturated carbocycles. The van der Waals surface area contributed by atoms with E-state index < -0.39 is 0 Å². The van der Waals surface area contributed by atoms with Crippen LogP contribution >= 0.6 is 0 Å². The van der Waals surface area contributed by atoms with Crippen molar-refractivity contribution in [2.24, 2.45) is 5.92 Å². The van der Waals surface area contributed by atoms with Gasteiger partial charge >= 0.3 is 0 Å². The molecule has 1 amide bonds. The third-order valence-electron chi connectivity index (χ3n) is 2.09. The Morgan fingerprint density at radius 1 is 1.73 bits per heavy atom. The van der Waals surface area contributed by atoms with Crippen molar-refractivity contribution in [1.29, 1.82) is 0 Å². The van der Waals surface area contributed by atoms with Gasteiger partial charge in [-0.2, -0.15) is 0 Å². The highest BCUT2D eigenvalue weighted by Crippen LogP contribution is 2.12. The predicted octanol–water partition coefficient (Wildman–Crippen LogP) is 0.501. The summed E-state index contributed by atoms with van der Waals surface area (Å²) in [6, 6.07) is 0. The van der Waals surface area contributed by atoms with Crippen LogP contribution in [0.1, 0.15) is 13.3 Å². The quantitative estimate of drug-likeness (QED) is 0.584.